The molecular formula is C11H18N2O4S. The van der Waals surface area contributed by atoms with Crippen molar-refractivity contribution >= 4 is 21.7 Å². The lowest BCUT2D eigenvalue weighted by Gasteiger charge is -2.14. The average molecular weight is 274 g/mol. The fourth-order valence-corrected chi connectivity index (χ4v) is 4.40. The van der Waals surface area contributed by atoms with E-state index in [0.29, 0.717) is 19.4 Å². The van der Waals surface area contributed by atoms with Gasteiger partial charge in [-0.2, -0.15) is 0 Å². The van der Waals surface area contributed by atoms with Crippen molar-refractivity contribution in [3.8, 4) is 0 Å². The van der Waals surface area contributed by atoms with Crippen LogP contribution in [0.3, 0.4) is 0 Å². The Bertz CT molecular complexity index is 460. The summed E-state index contributed by atoms with van der Waals surface area (Å²) in [7, 11) is -1.22. The summed E-state index contributed by atoms with van der Waals surface area (Å²) in [5.41, 5.74) is 0. The van der Waals surface area contributed by atoms with Crippen LogP contribution in [0.15, 0.2) is 0 Å². The molecule has 0 aliphatic carbocycles. The highest BCUT2D eigenvalue weighted by Gasteiger charge is 2.31. The lowest BCUT2D eigenvalue weighted by atomic mass is 10.0. The molecule has 0 saturated carbocycles. The molecule has 2 atom stereocenters. The minimum atomic E-state index is -2.93. The second-order valence-electron chi connectivity index (χ2n) is 5.22. The van der Waals surface area contributed by atoms with Crippen molar-refractivity contribution in [3.05, 3.63) is 0 Å². The molecule has 2 unspecified atom stereocenters. The maximum atomic E-state index is 11.7. The number of likely N-dealkylation sites (N-methyl/N-ethyl adjacent to an activating group) is 1. The first kappa shape index (κ1) is 13.3. The normalized spacial score (nSPS) is 30.7. The van der Waals surface area contributed by atoms with Gasteiger partial charge in [-0.25, -0.2) is 8.42 Å². The fraction of sp³-hybridized carbons (Fsp3) is 0.818. The Morgan fingerprint density at radius 1 is 1.50 bits per heavy atom. The minimum absolute atomic E-state index is 0.0312. The number of likely N-dealkylation sites (tertiary alicyclic amines) is 1. The third kappa shape index (κ3) is 3.22. The first-order valence-corrected chi connectivity index (χ1v) is 7.91. The van der Waals surface area contributed by atoms with E-state index in [-0.39, 0.29) is 41.7 Å². The van der Waals surface area contributed by atoms with Crippen LogP contribution >= 0.6 is 0 Å². The third-order valence-electron chi connectivity index (χ3n) is 3.51. The number of carbonyl (C=O) groups excluding carboxylic acids is 2. The highest BCUT2D eigenvalue weighted by atomic mass is 32.2. The van der Waals surface area contributed by atoms with Crippen molar-refractivity contribution in [2.45, 2.75) is 25.3 Å². The lowest BCUT2D eigenvalue weighted by molar-refractivity contribution is -0.126. The van der Waals surface area contributed by atoms with Gasteiger partial charge in [-0.3, -0.25) is 9.59 Å². The summed E-state index contributed by atoms with van der Waals surface area (Å²) < 4.78 is 22.5. The van der Waals surface area contributed by atoms with Crippen LogP contribution in [0.2, 0.25) is 0 Å². The molecule has 2 amide bonds. The Hall–Kier alpha value is -1.11. The predicted molar refractivity (Wildman–Crippen MR) is 65.6 cm³/mol. The van der Waals surface area contributed by atoms with Crippen molar-refractivity contribution in [2.24, 2.45) is 5.92 Å². The van der Waals surface area contributed by atoms with Gasteiger partial charge in [0.05, 0.1) is 17.5 Å². The van der Waals surface area contributed by atoms with Crippen LogP contribution in [0.5, 0.6) is 0 Å². The van der Waals surface area contributed by atoms with Gasteiger partial charge >= 0.3 is 0 Å². The van der Waals surface area contributed by atoms with Gasteiger partial charge in [0.25, 0.3) is 0 Å². The molecular weight excluding hydrogens is 256 g/mol. The molecule has 0 bridgehead atoms. The van der Waals surface area contributed by atoms with E-state index >= 15 is 0 Å². The fourth-order valence-electron chi connectivity index (χ4n) is 2.54. The zero-order valence-corrected chi connectivity index (χ0v) is 11.2. The Labute approximate surface area is 107 Å². The number of rotatable bonds is 3. The van der Waals surface area contributed by atoms with Crippen LogP contribution in [0.4, 0.5) is 0 Å². The summed E-state index contributed by atoms with van der Waals surface area (Å²) in [4.78, 5) is 24.6. The van der Waals surface area contributed by atoms with Crippen LogP contribution in [-0.2, 0) is 19.4 Å². The lowest BCUT2D eigenvalue weighted by Crippen LogP contribution is -2.37. The number of hydrogen-bond donors (Lipinski definition) is 1. The molecule has 1 N–H and O–H groups in total. The molecule has 0 aromatic rings. The molecule has 2 heterocycles. The Kier molecular flexibility index (Phi) is 3.61. The topological polar surface area (TPSA) is 83.6 Å². The minimum Gasteiger partial charge on any atom is -0.351 e. The number of nitrogens with zero attached hydrogens (tertiary/aromatic N) is 1. The second kappa shape index (κ2) is 4.87. The Balaban J connectivity index is 1.78. The number of nitrogens with one attached hydrogen (secondary N) is 1. The summed E-state index contributed by atoms with van der Waals surface area (Å²) in [5.74, 6) is 0.123. The summed E-state index contributed by atoms with van der Waals surface area (Å²) >= 11 is 0. The molecule has 0 spiro atoms. The van der Waals surface area contributed by atoms with Gasteiger partial charge in [0.2, 0.25) is 11.8 Å². The highest BCUT2D eigenvalue weighted by molar-refractivity contribution is 7.91. The van der Waals surface area contributed by atoms with E-state index in [1.54, 1.807) is 11.9 Å². The largest absolute Gasteiger partial charge is 0.351 e. The monoisotopic (exact) mass is 274 g/mol. The SMILES string of the molecule is CN1CC(NC(=O)CC2CCS(=O)(=O)C2)CC1=O. The van der Waals surface area contributed by atoms with E-state index in [4.69, 9.17) is 0 Å². The van der Waals surface area contributed by atoms with Gasteiger partial charge in [-0.05, 0) is 12.3 Å². The molecule has 2 aliphatic rings. The van der Waals surface area contributed by atoms with Crippen LogP contribution in [0.25, 0.3) is 0 Å². The van der Waals surface area contributed by atoms with Crippen molar-refractivity contribution < 1.29 is 18.0 Å². The maximum Gasteiger partial charge on any atom is 0.224 e. The molecule has 6 nitrogen and oxygen atoms in total. The molecule has 18 heavy (non-hydrogen) atoms. The quantitative estimate of drug-likeness (QED) is 0.727. The van der Waals surface area contributed by atoms with Gasteiger partial charge in [-0.15, -0.1) is 0 Å². The number of amides is 2. The van der Waals surface area contributed by atoms with E-state index < -0.39 is 9.84 Å². The number of carbonyl (C=O) groups is 2. The van der Waals surface area contributed by atoms with Crippen molar-refractivity contribution in [2.75, 3.05) is 25.1 Å². The predicted octanol–water partition coefficient (Wildman–Crippen LogP) is -0.842. The van der Waals surface area contributed by atoms with Crippen LogP contribution < -0.4 is 5.32 Å². The summed E-state index contributed by atoms with van der Waals surface area (Å²) in [6.07, 6.45) is 1.15. The summed E-state index contributed by atoms with van der Waals surface area (Å²) in [6, 6.07) is -0.131. The average Bonchev–Trinajstić information content (AvgIpc) is 2.71. The van der Waals surface area contributed by atoms with Gasteiger partial charge in [0, 0.05) is 26.4 Å². The summed E-state index contributed by atoms with van der Waals surface area (Å²) in [5, 5.41) is 2.80. The molecule has 0 radical (unpaired) electrons. The molecule has 2 rings (SSSR count). The number of sulfone groups is 1. The number of hydrogen-bond acceptors (Lipinski definition) is 4. The van der Waals surface area contributed by atoms with Crippen LogP contribution in [0.1, 0.15) is 19.3 Å². The van der Waals surface area contributed by atoms with Crippen molar-refractivity contribution in [1.29, 1.82) is 0 Å². The van der Waals surface area contributed by atoms with Crippen molar-refractivity contribution in [3.63, 3.8) is 0 Å². The molecule has 2 fully saturated rings. The van der Waals surface area contributed by atoms with Crippen molar-refractivity contribution in [1.82, 2.24) is 10.2 Å². The Morgan fingerprint density at radius 3 is 2.72 bits per heavy atom. The van der Waals surface area contributed by atoms with E-state index in [1.165, 1.54) is 0 Å². The second-order valence-corrected chi connectivity index (χ2v) is 7.44. The highest BCUT2D eigenvalue weighted by Crippen LogP contribution is 2.21. The maximum absolute atomic E-state index is 11.7. The zero-order valence-electron chi connectivity index (χ0n) is 10.4. The van der Waals surface area contributed by atoms with E-state index in [2.05, 4.69) is 5.32 Å². The standard InChI is InChI=1S/C11H18N2O4S/c1-13-6-9(5-11(13)15)12-10(14)4-8-2-3-18(16,17)7-8/h8-9H,2-7H2,1H3,(H,12,14). The van der Waals surface area contributed by atoms with E-state index in [9.17, 15) is 18.0 Å². The molecule has 2 saturated heterocycles. The Morgan fingerprint density at radius 2 is 2.22 bits per heavy atom. The van der Waals surface area contributed by atoms with Crippen LogP contribution in [0, 0.1) is 5.92 Å². The van der Waals surface area contributed by atoms with Gasteiger partial charge in [-0.1, -0.05) is 0 Å². The summed E-state index contributed by atoms with van der Waals surface area (Å²) in [6.45, 7) is 0.535. The zero-order chi connectivity index (χ0) is 13.3. The van der Waals surface area contributed by atoms with Crippen LogP contribution in [-0.4, -0.2) is 56.3 Å². The molecule has 0 aromatic carbocycles. The van der Waals surface area contributed by atoms with Gasteiger partial charge in [0.1, 0.15) is 0 Å². The van der Waals surface area contributed by atoms with Gasteiger partial charge in [0.15, 0.2) is 9.84 Å². The van der Waals surface area contributed by atoms with Gasteiger partial charge < -0.3 is 10.2 Å². The molecule has 7 heteroatoms. The molecule has 0 aromatic heterocycles. The molecule has 2 aliphatic heterocycles. The first-order valence-electron chi connectivity index (χ1n) is 6.09. The van der Waals surface area contributed by atoms with E-state index in [1.807, 2.05) is 0 Å². The third-order valence-corrected chi connectivity index (χ3v) is 5.34. The first-order chi connectivity index (χ1) is 8.35. The molecule has 102 valence electrons. The van der Waals surface area contributed by atoms with E-state index in [0.717, 1.165) is 0 Å². The smallest absolute Gasteiger partial charge is 0.224 e.